The van der Waals surface area contributed by atoms with Crippen LogP contribution in [0.15, 0.2) is 24.4 Å². The topological polar surface area (TPSA) is 85.9 Å². The van der Waals surface area contributed by atoms with Crippen molar-refractivity contribution < 1.29 is 22.7 Å². The van der Waals surface area contributed by atoms with E-state index in [4.69, 9.17) is 4.74 Å². The maximum absolute atomic E-state index is 13.7. The van der Waals surface area contributed by atoms with Crippen molar-refractivity contribution in [1.29, 1.82) is 0 Å². The zero-order chi connectivity index (χ0) is 27.6. The van der Waals surface area contributed by atoms with Gasteiger partial charge in [0.2, 0.25) is 11.9 Å². The first kappa shape index (κ1) is 27.4. The zero-order valence-corrected chi connectivity index (χ0v) is 22.4. The molecule has 1 amide bonds. The number of halogens is 3. The van der Waals surface area contributed by atoms with E-state index in [2.05, 4.69) is 43.5 Å². The smallest absolute Gasteiger partial charge is 0.372 e. The van der Waals surface area contributed by atoms with Gasteiger partial charge in [0.1, 0.15) is 18.0 Å². The molecule has 5 rings (SSSR count). The molecule has 212 valence electrons. The predicted molar refractivity (Wildman–Crippen MR) is 143 cm³/mol. The number of benzene rings is 1. The van der Waals surface area contributed by atoms with E-state index in [1.807, 2.05) is 19.1 Å². The molecule has 3 fully saturated rings. The first-order valence-corrected chi connectivity index (χ1v) is 13.6. The maximum atomic E-state index is 13.7. The van der Waals surface area contributed by atoms with Crippen LogP contribution >= 0.6 is 0 Å². The number of rotatable bonds is 8. The molecule has 9 nitrogen and oxygen atoms in total. The van der Waals surface area contributed by atoms with Crippen molar-refractivity contribution in [3.8, 4) is 0 Å². The lowest BCUT2D eigenvalue weighted by atomic mass is 10.1. The zero-order valence-electron chi connectivity index (χ0n) is 22.4. The fraction of sp³-hybridized carbons (Fsp3) is 0.593. The SMILES string of the molecule is Cc1cc(N2C[C@H]3CC[C@@H](C2)N3C)ccc1Nc1ncc(C(F)(F)F)c(NCCCN2CCCOCC2=O)n1. The minimum absolute atomic E-state index is 0.0450. The molecule has 3 aliphatic rings. The highest BCUT2D eigenvalue weighted by Gasteiger charge is 2.38. The molecule has 3 saturated heterocycles. The summed E-state index contributed by atoms with van der Waals surface area (Å²) in [6.45, 7) is 5.79. The third-order valence-corrected chi connectivity index (χ3v) is 7.96. The van der Waals surface area contributed by atoms with Crippen LogP contribution in [0.1, 0.15) is 36.8 Å². The van der Waals surface area contributed by atoms with Gasteiger partial charge < -0.3 is 25.2 Å². The fourth-order valence-electron chi connectivity index (χ4n) is 5.66. The Morgan fingerprint density at radius 3 is 2.67 bits per heavy atom. The number of alkyl halides is 3. The van der Waals surface area contributed by atoms with Gasteiger partial charge >= 0.3 is 6.18 Å². The summed E-state index contributed by atoms with van der Waals surface area (Å²) in [6.07, 6.45) is -0.123. The number of carbonyl (C=O) groups is 1. The second-order valence-corrected chi connectivity index (χ2v) is 10.6. The van der Waals surface area contributed by atoms with Crippen molar-refractivity contribution in [3.05, 3.63) is 35.5 Å². The summed E-state index contributed by atoms with van der Waals surface area (Å²) in [4.78, 5) is 26.8. The first-order chi connectivity index (χ1) is 18.7. The molecule has 1 aromatic carbocycles. The largest absolute Gasteiger partial charge is 0.421 e. The minimum Gasteiger partial charge on any atom is -0.372 e. The molecule has 2 aromatic rings. The van der Waals surface area contributed by atoms with Gasteiger partial charge in [0, 0.05) is 69.0 Å². The van der Waals surface area contributed by atoms with E-state index >= 15 is 0 Å². The van der Waals surface area contributed by atoms with E-state index in [1.54, 1.807) is 4.90 Å². The van der Waals surface area contributed by atoms with Gasteiger partial charge in [0.15, 0.2) is 0 Å². The van der Waals surface area contributed by atoms with Gasteiger partial charge in [-0.3, -0.25) is 9.69 Å². The highest BCUT2D eigenvalue weighted by molar-refractivity contribution is 5.77. The number of anilines is 4. The summed E-state index contributed by atoms with van der Waals surface area (Å²) in [7, 11) is 2.21. The number of likely N-dealkylation sites (N-methyl/N-ethyl adjacent to an activating group) is 1. The standard InChI is InChI=1S/C27H36F3N7O2/c1-18-13-19(37-15-20-5-6-21(16-37)35(20)2)7-8-23(18)33-26-32-14-22(27(28,29)30)25(34-26)31-9-3-10-36-11-4-12-39-17-24(36)38/h7-8,13-14,20-21H,3-6,9-12,15-17H2,1-2H3,(H2,31,32,33,34)/t20-,21+. The Morgan fingerprint density at radius 1 is 1.18 bits per heavy atom. The highest BCUT2D eigenvalue weighted by Crippen LogP contribution is 2.35. The highest BCUT2D eigenvalue weighted by atomic mass is 19.4. The van der Waals surface area contributed by atoms with Crippen molar-refractivity contribution in [1.82, 2.24) is 19.8 Å². The molecule has 0 radical (unpaired) electrons. The van der Waals surface area contributed by atoms with Crippen LogP contribution in [0.2, 0.25) is 0 Å². The summed E-state index contributed by atoms with van der Waals surface area (Å²) in [5.41, 5.74) is 1.92. The van der Waals surface area contributed by atoms with Crippen LogP contribution in [-0.4, -0.2) is 90.7 Å². The third-order valence-electron chi connectivity index (χ3n) is 7.96. The van der Waals surface area contributed by atoms with Crippen molar-refractivity contribution in [3.63, 3.8) is 0 Å². The third kappa shape index (κ3) is 6.38. The molecular weight excluding hydrogens is 511 g/mol. The number of fused-ring (bicyclic) bond motifs is 2. The second kappa shape index (κ2) is 11.5. The summed E-state index contributed by atoms with van der Waals surface area (Å²) >= 11 is 0. The molecule has 4 heterocycles. The van der Waals surface area contributed by atoms with E-state index in [9.17, 15) is 18.0 Å². The average molecular weight is 548 g/mol. The molecule has 0 unspecified atom stereocenters. The number of piperazine rings is 1. The Bertz CT molecular complexity index is 1160. The van der Waals surface area contributed by atoms with Gasteiger partial charge in [-0.05, 0) is 63.4 Å². The number of nitrogens with one attached hydrogen (secondary N) is 2. The van der Waals surface area contributed by atoms with Gasteiger partial charge in [0.25, 0.3) is 0 Å². The van der Waals surface area contributed by atoms with Gasteiger partial charge in [-0.25, -0.2) is 4.98 Å². The molecule has 3 aliphatic heterocycles. The van der Waals surface area contributed by atoms with E-state index in [0.717, 1.165) is 42.6 Å². The van der Waals surface area contributed by atoms with Crippen molar-refractivity contribution in [2.75, 3.05) is 68.5 Å². The molecule has 0 spiro atoms. The molecule has 1 aromatic heterocycles. The summed E-state index contributed by atoms with van der Waals surface area (Å²) in [6, 6.07) is 7.23. The van der Waals surface area contributed by atoms with Gasteiger partial charge in [-0.15, -0.1) is 0 Å². The second-order valence-electron chi connectivity index (χ2n) is 10.6. The van der Waals surface area contributed by atoms with Crippen LogP contribution in [0, 0.1) is 6.92 Å². The molecule has 0 aliphatic carbocycles. The van der Waals surface area contributed by atoms with Gasteiger partial charge in [0.05, 0.1) is 0 Å². The van der Waals surface area contributed by atoms with Crippen LogP contribution in [0.5, 0.6) is 0 Å². The normalized spacial score (nSPS) is 22.2. The Kier molecular flexibility index (Phi) is 8.13. The van der Waals surface area contributed by atoms with Crippen molar-refractivity contribution in [2.45, 2.75) is 50.9 Å². The predicted octanol–water partition coefficient (Wildman–Crippen LogP) is 3.88. The van der Waals surface area contributed by atoms with Crippen LogP contribution in [0.25, 0.3) is 0 Å². The van der Waals surface area contributed by atoms with Gasteiger partial charge in [-0.1, -0.05) is 0 Å². The maximum Gasteiger partial charge on any atom is 0.421 e. The quantitative estimate of drug-likeness (QED) is 0.482. The number of hydrogen-bond donors (Lipinski definition) is 2. The molecular formula is C27H36F3N7O2. The molecule has 2 atom stereocenters. The molecule has 2 N–H and O–H groups in total. The Morgan fingerprint density at radius 2 is 1.95 bits per heavy atom. The summed E-state index contributed by atoms with van der Waals surface area (Å²) < 4.78 is 46.2. The molecule has 2 bridgehead atoms. The van der Waals surface area contributed by atoms with E-state index in [0.29, 0.717) is 38.2 Å². The number of nitrogens with zero attached hydrogens (tertiary/aromatic N) is 5. The first-order valence-electron chi connectivity index (χ1n) is 13.6. The van der Waals surface area contributed by atoms with Crippen LogP contribution in [0.3, 0.4) is 0 Å². The number of amides is 1. The Labute approximate surface area is 226 Å². The Balaban J connectivity index is 1.24. The lowest BCUT2D eigenvalue weighted by Crippen LogP contribution is -2.52. The van der Waals surface area contributed by atoms with Crippen molar-refractivity contribution >= 4 is 29.0 Å². The van der Waals surface area contributed by atoms with E-state index in [1.165, 1.54) is 12.8 Å². The number of aromatic nitrogens is 2. The number of aryl methyl sites for hydroxylation is 1. The number of hydrogen-bond acceptors (Lipinski definition) is 8. The molecule has 39 heavy (non-hydrogen) atoms. The average Bonchev–Trinajstić information content (AvgIpc) is 3.06. The molecule has 0 saturated carbocycles. The van der Waals surface area contributed by atoms with Gasteiger partial charge in [-0.2, -0.15) is 18.2 Å². The van der Waals surface area contributed by atoms with E-state index in [-0.39, 0.29) is 30.8 Å². The fourth-order valence-corrected chi connectivity index (χ4v) is 5.66. The van der Waals surface area contributed by atoms with Crippen LogP contribution in [-0.2, 0) is 15.7 Å². The van der Waals surface area contributed by atoms with Crippen molar-refractivity contribution in [2.24, 2.45) is 0 Å². The summed E-state index contributed by atoms with van der Waals surface area (Å²) in [5, 5.41) is 5.90. The lowest BCUT2D eigenvalue weighted by Gasteiger charge is -2.40. The monoisotopic (exact) mass is 547 g/mol. The molecule has 12 heteroatoms. The number of ether oxygens (including phenoxy) is 1. The van der Waals surface area contributed by atoms with Crippen LogP contribution < -0.4 is 15.5 Å². The number of carbonyl (C=O) groups excluding carboxylic acids is 1. The lowest BCUT2D eigenvalue weighted by molar-refractivity contribution is -0.137. The summed E-state index contributed by atoms with van der Waals surface area (Å²) in [5.74, 6) is -0.301. The van der Waals surface area contributed by atoms with Crippen LogP contribution in [0.4, 0.5) is 36.3 Å². The van der Waals surface area contributed by atoms with E-state index < -0.39 is 11.7 Å². The Hall–Kier alpha value is -3.12. The minimum atomic E-state index is -4.60.